The molecule has 5 heteroatoms. The van der Waals surface area contributed by atoms with Gasteiger partial charge in [-0.3, -0.25) is 4.79 Å². The van der Waals surface area contributed by atoms with E-state index in [9.17, 15) is 9.59 Å². The Kier molecular flexibility index (Phi) is 8.94. The second-order valence-electron chi connectivity index (χ2n) is 2.80. The van der Waals surface area contributed by atoms with Gasteiger partial charge in [-0.1, -0.05) is 13.3 Å². The molecule has 5 nitrogen and oxygen atoms in total. The van der Waals surface area contributed by atoms with Gasteiger partial charge in [0.15, 0.2) is 0 Å². The Bertz CT molecular complexity index is 162. The van der Waals surface area contributed by atoms with E-state index in [1.165, 1.54) is 0 Å². The molecule has 0 atom stereocenters. The highest BCUT2D eigenvalue weighted by molar-refractivity contribution is 5.66. The molecule has 0 spiro atoms. The van der Waals surface area contributed by atoms with Gasteiger partial charge in [-0.15, -0.1) is 0 Å². The summed E-state index contributed by atoms with van der Waals surface area (Å²) >= 11 is 0. The number of hydrogen-bond acceptors (Lipinski definition) is 3. The molecule has 0 aliphatic heterocycles. The number of carbonyl (C=O) groups is 1. The molecule has 0 rings (SSSR count). The maximum atomic E-state index is 10.9. The zero-order chi connectivity index (χ0) is 10.6. The second-order valence-corrected chi connectivity index (χ2v) is 2.80. The van der Waals surface area contributed by atoms with Crippen LogP contribution in [-0.2, 0) is 9.53 Å². The highest BCUT2D eigenvalue weighted by Crippen LogP contribution is 1.88. The molecule has 0 bridgehead atoms. The fourth-order valence-corrected chi connectivity index (χ4v) is 0.778. The molecule has 1 radical (unpaired) electrons. The van der Waals surface area contributed by atoms with Crippen molar-refractivity contribution >= 4 is 12.5 Å². The molecule has 0 aliphatic carbocycles. The minimum atomic E-state index is -0.395. The normalized spacial score (nSPS) is 9.21. The van der Waals surface area contributed by atoms with Crippen LogP contribution < -0.4 is 10.6 Å². The molecule has 0 saturated carbocycles. The van der Waals surface area contributed by atoms with Crippen molar-refractivity contribution < 1.29 is 14.3 Å². The number of rotatable bonds is 8. The summed E-state index contributed by atoms with van der Waals surface area (Å²) < 4.78 is 4.84. The van der Waals surface area contributed by atoms with E-state index in [1.807, 2.05) is 6.92 Å². The fraction of sp³-hybridized carbons (Fsp3) is 0.778. The van der Waals surface area contributed by atoms with E-state index in [0.29, 0.717) is 26.1 Å². The molecular formula is C9H17N2O3. The van der Waals surface area contributed by atoms with Crippen LogP contribution in [0.3, 0.4) is 0 Å². The summed E-state index contributed by atoms with van der Waals surface area (Å²) in [6.07, 6.45) is 3.73. The lowest BCUT2D eigenvalue weighted by Crippen LogP contribution is -2.27. The zero-order valence-corrected chi connectivity index (χ0v) is 8.47. The molecule has 0 heterocycles. The van der Waals surface area contributed by atoms with Crippen LogP contribution in [0.15, 0.2) is 0 Å². The fourth-order valence-electron chi connectivity index (χ4n) is 0.778. The summed E-state index contributed by atoms with van der Waals surface area (Å²) in [6.45, 7) is 3.50. The van der Waals surface area contributed by atoms with Crippen LogP contribution in [0.2, 0.25) is 0 Å². The van der Waals surface area contributed by atoms with Crippen LogP contribution in [0.4, 0.5) is 4.79 Å². The topological polar surface area (TPSA) is 67.4 Å². The number of amides is 2. The molecule has 81 valence electrons. The third-order valence-corrected chi connectivity index (χ3v) is 1.55. The standard InChI is InChI=1S/C9H17N2O3/c1-2-3-7-14-9(13)11-6-4-5-10-8-12/h2-7H2,1H3,(H,10,12)(H,11,13). The maximum Gasteiger partial charge on any atom is 0.407 e. The molecule has 2 N–H and O–H groups in total. The smallest absolute Gasteiger partial charge is 0.407 e. The summed E-state index contributed by atoms with van der Waals surface area (Å²) in [7, 11) is 0. The second kappa shape index (κ2) is 9.83. The van der Waals surface area contributed by atoms with Gasteiger partial charge in [-0.2, -0.15) is 0 Å². The average molecular weight is 201 g/mol. The van der Waals surface area contributed by atoms with Gasteiger partial charge in [0.05, 0.1) is 6.61 Å². The van der Waals surface area contributed by atoms with Crippen molar-refractivity contribution in [3.63, 3.8) is 0 Å². The quantitative estimate of drug-likeness (QED) is 0.445. The summed E-state index contributed by atoms with van der Waals surface area (Å²) in [4.78, 5) is 20.6. The van der Waals surface area contributed by atoms with E-state index in [1.54, 1.807) is 6.41 Å². The third kappa shape index (κ3) is 8.83. The summed E-state index contributed by atoms with van der Waals surface area (Å²) in [5.41, 5.74) is 0. The third-order valence-electron chi connectivity index (χ3n) is 1.55. The summed E-state index contributed by atoms with van der Waals surface area (Å²) in [6, 6.07) is 0. The van der Waals surface area contributed by atoms with Gasteiger partial charge >= 0.3 is 12.5 Å². The van der Waals surface area contributed by atoms with Gasteiger partial charge in [0.1, 0.15) is 0 Å². The number of carbonyl (C=O) groups excluding carboxylic acids is 2. The lowest BCUT2D eigenvalue weighted by molar-refractivity contribution is 0.144. The van der Waals surface area contributed by atoms with E-state index in [0.717, 1.165) is 12.8 Å². The Morgan fingerprint density at radius 2 is 2.14 bits per heavy atom. The highest BCUT2D eigenvalue weighted by atomic mass is 16.5. The summed E-state index contributed by atoms with van der Waals surface area (Å²) in [5.74, 6) is 0. The number of hydrogen-bond donors (Lipinski definition) is 2. The first kappa shape index (κ1) is 12.7. The van der Waals surface area contributed by atoms with E-state index in [2.05, 4.69) is 10.6 Å². The predicted octanol–water partition coefficient (Wildman–Crippen LogP) is 0.560. The van der Waals surface area contributed by atoms with Crippen LogP contribution in [-0.4, -0.2) is 32.2 Å². The van der Waals surface area contributed by atoms with E-state index < -0.39 is 6.09 Å². The molecule has 14 heavy (non-hydrogen) atoms. The van der Waals surface area contributed by atoms with Gasteiger partial charge in [-0.25, -0.2) is 4.79 Å². The van der Waals surface area contributed by atoms with Crippen molar-refractivity contribution in [2.45, 2.75) is 26.2 Å². The Morgan fingerprint density at radius 1 is 1.36 bits per heavy atom. The first-order chi connectivity index (χ1) is 6.81. The van der Waals surface area contributed by atoms with Crippen molar-refractivity contribution in [2.75, 3.05) is 19.7 Å². The Morgan fingerprint density at radius 3 is 2.79 bits per heavy atom. The van der Waals surface area contributed by atoms with Gasteiger partial charge in [0.25, 0.3) is 0 Å². The van der Waals surface area contributed by atoms with Crippen molar-refractivity contribution in [3.05, 3.63) is 0 Å². The largest absolute Gasteiger partial charge is 0.450 e. The van der Waals surface area contributed by atoms with Crippen molar-refractivity contribution in [2.24, 2.45) is 0 Å². The monoisotopic (exact) mass is 201 g/mol. The van der Waals surface area contributed by atoms with Crippen molar-refractivity contribution in [1.29, 1.82) is 0 Å². The molecule has 0 aromatic rings. The lowest BCUT2D eigenvalue weighted by Gasteiger charge is -2.05. The van der Waals surface area contributed by atoms with Crippen LogP contribution in [0.1, 0.15) is 26.2 Å². The molecule has 0 fully saturated rings. The Hall–Kier alpha value is -1.26. The maximum absolute atomic E-state index is 10.9. The Labute approximate surface area is 84.2 Å². The number of unbranched alkanes of at least 4 members (excludes halogenated alkanes) is 1. The predicted molar refractivity (Wildman–Crippen MR) is 52.6 cm³/mol. The van der Waals surface area contributed by atoms with Crippen molar-refractivity contribution in [1.82, 2.24) is 10.6 Å². The van der Waals surface area contributed by atoms with Gasteiger partial charge in [0, 0.05) is 13.1 Å². The van der Waals surface area contributed by atoms with Crippen LogP contribution >= 0.6 is 0 Å². The zero-order valence-electron chi connectivity index (χ0n) is 8.47. The molecule has 2 amide bonds. The van der Waals surface area contributed by atoms with Crippen LogP contribution in [0.25, 0.3) is 0 Å². The molecule has 0 aromatic heterocycles. The number of nitrogens with one attached hydrogen (secondary N) is 2. The first-order valence-electron chi connectivity index (χ1n) is 4.82. The molecule has 0 saturated heterocycles. The van der Waals surface area contributed by atoms with Gasteiger partial charge in [-0.05, 0) is 12.8 Å². The first-order valence-corrected chi connectivity index (χ1v) is 4.82. The SMILES string of the molecule is CCCCOC(=O)NCCCN[C]=O. The van der Waals surface area contributed by atoms with E-state index >= 15 is 0 Å². The lowest BCUT2D eigenvalue weighted by atomic mass is 10.4. The molecule has 0 aliphatic rings. The highest BCUT2D eigenvalue weighted by Gasteiger charge is 1.98. The van der Waals surface area contributed by atoms with E-state index in [4.69, 9.17) is 4.74 Å². The number of alkyl carbamates (subject to hydrolysis) is 1. The Balaban J connectivity index is 3.14. The minimum absolute atomic E-state index is 0.395. The minimum Gasteiger partial charge on any atom is -0.450 e. The molecule has 0 aromatic carbocycles. The van der Waals surface area contributed by atoms with Gasteiger partial charge < -0.3 is 15.4 Å². The van der Waals surface area contributed by atoms with E-state index in [-0.39, 0.29) is 0 Å². The summed E-state index contributed by atoms with van der Waals surface area (Å²) in [5, 5.41) is 4.95. The van der Waals surface area contributed by atoms with Crippen molar-refractivity contribution in [3.8, 4) is 0 Å². The molecule has 0 unspecified atom stereocenters. The van der Waals surface area contributed by atoms with Crippen LogP contribution in [0.5, 0.6) is 0 Å². The van der Waals surface area contributed by atoms with Crippen LogP contribution in [0, 0.1) is 0 Å². The number of ether oxygens (including phenoxy) is 1. The average Bonchev–Trinajstić information content (AvgIpc) is 2.18. The van der Waals surface area contributed by atoms with Gasteiger partial charge in [0.2, 0.25) is 0 Å². The molecular weight excluding hydrogens is 184 g/mol.